The number of ether oxygens (including phenoxy) is 1. The molecule has 3 rings (SSSR count). The maximum atomic E-state index is 12.2. The lowest BCUT2D eigenvalue weighted by molar-refractivity contribution is -0.120. The van der Waals surface area contributed by atoms with Gasteiger partial charge in [-0.2, -0.15) is 0 Å². The van der Waals surface area contributed by atoms with Gasteiger partial charge in [0.25, 0.3) is 0 Å². The summed E-state index contributed by atoms with van der Waals surface area (Å²) in [6, 6.07) is 5.84. The maximum absolute atomic E-state index is 12.2. The summed E-state index contributed by atoms with van der Waals surface area (Å²) in [4.78, 5) is 14.3. The van der Waals surface area contributed by atoms with Crippen molar-refractivity contribution in [2.75, 3.05) is 31.6 Å². The zero-order valence-electron chi connectivity index (χ0n) is 12.8. The fourth-order valence-electron chi connectivity index (χ4n) is 2.70. The quantitative estimate of drug-likeness (QED) is 0.922. The molecule has 1 aliphatic rings. The monoisotopic (exact) mass is 304 g/mol. The van der Waals surface area contributed by atoms with Crippen LogP contribution in [0.25, 0.3) is 0 Å². The van der Waals surface area contributed by atoms with E-state index in [1.807, 2.05) is 26.2 Å². The van der Waals surface area contributed by atoms with Gasteiger partial charge in [-0.1, -0.05) is 5.16 Å². The Labute approximate surface area is 128 Å². The van der Waals surface area contributed by atoms with E-state index in [2.05, 4.69) is 26.0 Å². The van der Waals surface area contributed by atoms with Crippen LogP contribution < -0.4 is 5.32 Å². The second-order valence-electron chi connectivity index (χ2n) is 5.49. The first-order valence-electron chi connectivity index (χ1n) is 7.29. The normalized spacial score (nSPS) is 19.3. The van der Waals surface area contributed by atoms with E-state index in [-0.39, 0.29) is 11.9 Å². The molecule has 1 unspecified atom stereocenters. The lowest BCUT2D eigenvalue weighted by Gasteiger charge is -2.35. The third kappa shape index (κ3) is 3.20. The minimum absolute atomic E-state index is 0.0796. The molecule has 0 radical (unpaired) electrons. The number of aryl methyl sites for hydroxylation is 2. The number of nitrogens with zero attached hydrogens (tertiary/aromatic N) is 3. The van der Waals surface area contributed by atoms with Crippen molar-refractivity contribution in [3.63, 3.8) is 0 Å². The Hall–Kier alpha value is -2.12. The van der Waals surface area contributed by atoms with E-state index in [0.29, 0.717) is 25.6 Å². The molecule has 0 aliphatic carbocycles. The van der Waals surface area contributed by atoms with E-state index in [0.717, 1.165) is 17.9 Å². The Morgan fingerprint density at radius 3 is 3.09 bits per heavy atom. The summed E-state index contributed by atoms with van der Waals surface area (Å²) in [5, 5.41) is 6.49. The fourth-order valence-corrected chi connectivity index (χ4v) is 2.70. The zero-order chi connectivity index (χ0) is 15.5. The van der Waals surface area contributed by atoms with E-state index < -0.39 is 0 Å². The van der Waals surface area contributed by atoms with Crippen molar-refractivity contribution in [3.8, 4) is 0 Å². The van der Waals surface area contributed by atoms with Crippen molar-refractivity contribution in [2.45, 2.75) is 13.0 Å². The van der Waals surface area contributed by atoms with Crippen molar-refractivity contribution in [1.29, 1.82) is 0 Å². The molecule has 0 bridgehead atoms. The standard InChI is InChI=1S/C15H20N4O3/c1-11-8-15(22-17-11)16-14(20)9-19-6-7-21-10-13(19)12-4-3-5-18(12)2/h3-5,8,13H,6-7,9-10H2,1-2H3,(H,16,20). The summed E-state index contributed by atoms with van der Waals surface area (Å²) in [5.74, 6) is 0.267. The van der Waals surface area contributed by atoms with Gasteiger partial charge in [0.15, 0.2) is 0 Å². The minimum atomic E-state index is -0.114. The first kappa shape index (κ1) is 14.8. The van der Waals surface area contributed by atoms with Gasteiger partial charge in [0.1, 0.15) is 0 Å². The summed E-state index contributed by atoms with van der Waals surface area (Å²) in [6.45, 7) is 4.05. The highest BCUT2D eigenvalue weighted by molar-refractivity contribution is 5.91. The second kappa shape index (κ2) is 6.33. The van der Waals surface area contributed by atoms with Gasteiger partial charge in [-0.3, -0.25) is 15.0 Å². The SMILES string of the molecule is Cc1cc(NC(=O)CN2CCOCC2c2cccn2C)on1. The van der Waals surface area contributed by atoms with Gasteiger partial charge >= 0.3 is 0 Å². The van der Waals surface area contributed by atoms with Crippen LogP contribution in [0.4, 0.5) is 5.88 Å². The number of anilines is 1. The predicted octanol–water partition coefficient (Wildman–Crippen LogP) is 1.33. The summed E-state index contributed by atoms with van der Waals surface area (Å²) in [5.41, 5.74) is 1.88. The molecular weight excluding hydrogens is 284 g/mol. The molecule has 1 aliphatic heterocycles. The van der Waals surface area contributed by atoms with Crippen LogP contribution in [0, 0.1) is 6.92 Å². The number of morpholine rings is 1. The van der Waals surface area contributed by atoms with Gasteiger partial charge in [-0.25, -0.2) is 0 Å². The Bertz CT molecular complexity index is 649. The van der Waals surface area contributed by atoms with Crippen LogP contribution >= 0.6 is 0 Å². The number of carbonyl (C=O) groups is 1. The van der Waals surface area contributed by atoms with Crippen LogP contribution in [-0.4, -0.2) is 46.8 Å². The molecule has 1 N–H and O–H groups in total. The van der Waals surface area contributed by atoms with E-state index in [1.54, 1.807) is 6.07 Å². The molecule has 2 aromatic rings. The smallest absolute Gasteiger partial charge is 0.240 e. The number of hydrogen-bond acceptors (Lipinski definition) is 5. The molecule has 1 saturated heterocycles. The average molecular weight is 304 g/mol. The Morgan fingerprint density at radius 1 is 1.55 bits per heavy atom. The minimum Gasteiger partial charge on any atom is -0.378 e. The van der Waals surface area contributed by atoms with Crippen LogP contribution in [0.15, 0.2) is 28.9 Å². The topological polar surface area (TPSA) is 72.5 Å². The number of carbonyl (C=O) groups excluding carboxylic acids is 1. The molecule has 22 heavy (non-hydrogen) atoms. The molecule has 7 heteroatoms. The molecule has 7 nitrogen and oxygen atoms in total. The molecule has 1 atom stereocenters. The highest BCUT2D eigenvalue weighted by Gasteiger charge is 2.28. The van der Waals surface area contributed by atoms with E-state index in [1.165, 1.54) is 0 Å². The van der Waals surface area contributed by atoms with E-state index in [4.69, 9.17) is 9.26 Å². The van der Waals surface area contributed by atoms with E-state index >= 15 is 0 Å². The summed E-state index contributed by atoms with van der Waals surface area (Å²) >= 11 is 0. The molecule has 0 spiro atoms. The van der Waals surface area contributed by atoms with Gasteiger partial charge in [0, 0.05) is 31.5 Å². The predicted molar refractivity (Wildman–Crippen MR) is 80.4 cm³/mol. The van der Waals surface area contributed by atoms with E-state index in [9.17, 15) is 4.79 Å². The fraction of sp³-hybridized carbons (Fsp3) is 0.467. The summed E-state index contributed by atoms with van der Waals surface area (Å²) in [7, 11) is 2.00. The number of aromatic nitrogens is 2. The molecule has 0 aromatic carbocycles. The third-order valence-corrected chi connectivity index (χ3v) is 3.80. The van der Waals surface area contributed by atoms with Crippen molar-refractivity contribution in [3.05, 3.63) is 35.8 Å². The van der Waals surface area contributed by atoms with Crippen LogP contribution in [0.5, 0.6) is 0 Å². The van der Waals surface area contributed by atoms with Crippen LogP contribution in [0.1, 0.15) is 17.4 Å². The van der Waals surface area contributed by atoms with Crippen molar-refractivity contribution < 1.29 is 14.1 Å². The first-order chi connectivity index (χ1) is 10.6. The summed E-state index contributed by atoms with van der Waals surface area (Å²) in [6.07, 6.45) is 2.00. The number of rotatable bonds is 4. The second-order valence-corrected chi connectivity index (χ2v) is 5.49. The third-order valence-electron chi connectivity index (χ3n) is 3.80. The van der Waals surface area contributed by atoms with Gasteiger partial charge in [0.05, 0.1) is 31.5 Å². The van der Waals surface area contributed by atoms with Crippen LogP contribution in [0.3, 0.4) is 0 Å². The lowest BCUT2D eigenvalue weighted by Crippen LogP contribution is -2.44. The number of hydrogen-bond donors (Lipinski definition) is 1. The average Bonchev–Trinajstić information content (AvgIpc) is 3.08. The molecule has 3 heterocycles. The molecule has 2 aromatic heterocycles. The Balaban J connectivity index is 1.66. The van der Waals surface area contributed by atoms with Crippen molar-refractivity contribution in [1.82, 2.24) is 14.6 Å². The van der Waals surface area contributed by atoms with Crippen molar-refractivity contribution in [2.24, 2.45) is 7.05 Å². The van der Waals surface area contributed by atoms with Gasteiger partial charge in [0.2, 0.25) is 11.8 Å². The molecular formula is C15H20N4O3. The largest absolute Gasteiger partial charge is 0.378 e. The Morgan fingerprint density at radius 2 is 2.41 bits per heavy atom. The van der Waals surface area contributed by atoms with Crippen LogP contribution in [0.2, 0.25) is 0 Å². The van der Waals surface area contributed by atoms with Crippen LogP contribution in [-0.2, 0) is 16.6 Å². The van der Waals surface area contributed by atoms with Gasteiger partial charge < -0.3 is 13.8 Å². The molecule has 1 fully saturated rings. The molecule has 1 amide bonds. The maximum Gasteiger partial charge on any atom is 0.240 e. The number of nitrogens with one attached hydrogen (secondary N) is 1. The molecule has 118 valence electrons. The zero-order valence-corrected chi connectivity index (χ0v) is 12.8. The lowest BCUT2D eigenvalue weighted by atomic mass is 10.1. The summed E-state index contributed by atoms with van der Waals surface area (Å²) < 4.78 is 12.7. The molecule has 0 saturated carbocycles. The number of amides is 1. The van der Waals surface area contributed by atoms with Gasteiger partial charge in [-0.05, 0) is 19.1 Å². The van der Waals surface area contributed by atoms with Crippen molar-refractivity contribution >= 4 is 11.8 Å². The highest BCUT2D eigenvalue weighted by atomic mass is 16.5. The van der Waals surface area contributed by atoms with Gasteiger partial charge in [-0.15, -0.1) is 0 Å². The highest BCUT2D eigenvalue weighted by Crippen LogP contribution is 2.24. The Kier molecular flexibility index (Phi) is 4.26. The first-order valence-corrected chi connectivity index (χ1v) is 7.29.